The summed E-state index contributed by atoms with van der Waals surface area (Å²) in [6, 6.07) is 4.55. The molecule has 1 saturated carbocycles. The number of amides is 2. The molecule has 1 aliphatic carbocycles. The Morgan fingerprint density at radius 2 is 1.73 bits per heavy atom. The number of alkyl halides is 2. The molecule has 0 saturated heterocycles. The number of nitrogens with one attached hydrogen (secondary N) is 2. The van der Waals surface area contributed by atoms with Crippen molar-refractivity contribution in [3.63, 3.8) is 0 Å². The third-order valence-corrected chi connectivity index (χ3v) is 4.43. The number of hydrogen-bond acceptors (Lipinski definition) is 3. The Kier molecular flexibility index (Phi) is 7.06. The molecule has 0 spiro atoms. The standard InChI is InChI=1S/C18H22F2N2O4/c19-15(20)9-14(18(25)26)22-17(24)13-7-5-11(6-8-13)10-21-16(23)12-3-1-2-4-12/h5-8,12,14-15H,1-4,9-10H2,(H,21,23)(H,22,24)(H,25,26). The predicted molar refractivity (Wildman–Crippen MR) is 89.8 cm³/mol. The second-order valence-corrected chi connectivity index (χ2v) is 6.39. The van der Waals surface area contributed by atoms with Crippen molar-refractivity contribution < 1.29 is 28.3 Å². The molecule has 1 unspecified atom stereocenters. The zero-order valence-corrected chi connectivity index (χ0v) is 14.2. The molecule has 8 heteroatoms. The Balaban J connectivity index is 1.88. The molecule has 1 aromatic rings. The van der Waals surface area contributed by atoms with Gasteiger partial charge in [0.1, 0.15) is 6.04 Å². The summed E-state index contributed by atoms with van der Waals surface area (Å²) in [7, 11) is 0. The van der Waals surface area contributed by atoms with Crippen molar-refractivity contribution in [2.75, 3.05) is 0 Å². The summed E-state index contributed by atoms with van der Waals surface area (Å²) in [5, 5.41) is 13.8. The number of carboxylic acids is 1. The molecule has 1 aliphatic rings. The van der Waals surface area contributed by atoms with Crippen LogP contribution in [-0.2, 0) is 16.1 Å². The van der Waals surface area contributed by atoms with Gasteiger partial charge in [0.2, 0.25) is 12.3 Å². The third-order valence-electron chi connectivity index (χ3n) is 4.43. The lowest BCUT2D eigenvalue weighted by Gasteiger charge is -2.14. The molecule has 26 heavy (non-hydrogen) atoms. The molecule has 0 aromatic heterocycles. The van der Waals surface area contributed by atoms with E-state index in [0.29, 0.717) is 6.54 Å². The van der Waals surface area contributed by atoms with E-state index < -0.39 is 30.8 Å². The minimum Gasteiger partial charge on any atom is -0.480 e. The van der Waals surface area contributed by atoms with Crippen LogP contribution in [0.15, 0.2) is 24.3 Å². The predicted octanol–water partition coefficient (Wildman–Crippen LogP) is 2.33. The van der Waals surface area contributed by atoms with Gasteiger partial charge in [-0.2, -0.15) is 0 Å². The van der Waals surface area contributed by atoms with Crippen molar-refractivity contribution in [3.8, 4) is 0 Å². The molecular formula is C18H22F2N2O4. The molecule has 2 amide bonds. The number of hydrogen-bond donors (Lipinski definition) is 3. The van der Waals surface area contributed by atoms with Crippen LogP contribution in [0.1, 0.15) is 48.0 Å². The minimum absolute atomic E-state index is 0.0284. The molecule has 0 bridgehead atoms. The van der Waals surface area contributed by atoms with E-state index >= 15 is 0 Å². The highest BCUT2D eigenvalue weighted by Crippen LogP contribution is 2.24. The van der Waals surface area contributed by atoms with E-state index in [2.05, 4.69) is 10.6 Å². The number of carbonyl (C=O) groups is 3. The van der Waals surface area contributed by atoms with Crippen molar-refractivity contribution in [2.45, 2.75) is 51.1 Å². The molecule has 0 heterocycles. The largest absolute Gasteiger partial charge is 0.480 e. The van der Waals surface area contributed by atoms with Crippen molar-refractivity contribution >= 4 is 17.8 Å². The van der Waals surface area contributed by atoms with E-state index in [0.717, 1.165) is 31.2 Å². The molecular weight excluding hydrogens is 346 g/mol. The van der Waals surface area contributed by atoms with Crippen LogP contribution >= 0.6 is 0 Å². The topological polar surface area (TPSA) is 95.5 Å². The van der Waals surface area contributed by atoms with Crippen LogP contribution in [0.5, 0.6) is 0 Å². The van der Waals surface area contributed by atoms with Crippen LogP contribution in [-0.4, -0.2) is 35.4 Å². The summed E-state index contributed by atoms with van der Waals surface area (Å²) in [5.41, 5.74) is 0.951. The third kappa shape index (κ3) is 5.79. The zero-order chi connectivity index (χ0) is 19.1. The monoisotopic (exact) mass is 368 g/mol. The van der Waals surface area contributed by atoms with E-state index in [1.54, 1.807) is 12.1 Å². The van der Waals surface area contributed by atoms with Crippen LogP contribution in [0.4, 0.5) is 8.78 Å². The van der Waals surface area contributed by atoms with E-state index in [4.69, 9.17) is 5.11 Å². The van der Waals surface area contributed by atoms with E-state index in [-0.39, 0.29) is 17.4 Å². The number of carbonyl (C=O) groups excluding carboxylic acids is 2. The van der Waals surface area contributed by atoms with Gasteiger partial charge in [0.25, 0.3) is 5.91 Å². The van der Waals surface area contributed by atoms with Crippen LogP contribution in [0, 0.1) is 5.92 Å². The summed E-state index contributed by atoms with van der Waals surface area (Å²) in [6.07, 6.45) is 0.187. The molecule has 2 rings (SSSR count). The molecule has 0 aliphatic heterocycles. The molecule has 6 nitrogen and oxygen atoms in total. The lowest BCUT2D eigenvalue weighted by molar-refractivity contribution is -0.140. The maximum atomic E-state index is 12.4. The van der Waals surface area contributed by atoms with Crippen molar-refractivity contribution in [2.24, 2.45) is 5.92 Å². The Hall–Kier alpha value is -2.51. The van der Waals surface area contributed by atoms with Gasteiger partial charge >= 0.3 is 5.97 Å². The average Bonchev–Trinajstić information content (AvgIpc) is 3.13. The Bertz CT molecular complexity index is 643. The van der Waals surface area contributed by atoms with Crippen LogP contribution in [0.3, 0.4) is 0 Å². The van der Waals surface area contributed by atoms with Gasteiger partial charge in [0, 0.05) is 24.4 Å². The van der Waals surface area contributed by atoms with Gasteiger partial charge in [-0.05, 0) is 30.5 Å². The highest BCUT2D eigenvalue weighted by atomic mass is 19.3. The number of halogens is 2. The van der Waals surface area contributed by atoms with Crippen LogP contribution in [0.2, 0.25) is 0 Å². The highest BCUT2D eigenvalue weighted by Gasteiger charge is 2.25. The van der Waals surface area contributed by atoms with Gasteiger partial charge in [0.15, 0.2) is 0 Å². The van der Waals surface area contributed by atoms with E-state index in [1.165, 1.54) is 12.1 Å². The fourth-order valence-corrected chi connectivity index (χ4v) is 2.94. The van der Waals surface area contributed by atoms with Crippen LogP contribution < -0.4 is 10.6 Å². The van der Waals surface area contributed by atoms with E-state index in [9.17, 15) is 23.2 Å². The average molecular weight is 368 g/mol. The normalized spacial score (nSPS) is 15.7. The second kappa shape index (κ2) is 9.26. The highest BCUT2D eigenvalue weighted by molar-refractivity contribution is 5.96. The van der Waals surface area contributed by atoms with Gasteiger partial charge in [0.05, 0.1) is 0 Å². The molecule has 1 fully saturated rings. The molecule has 0 radical (unpaired) electrons. The first kappa shape index (κ1) is 19.8. The van der Waals surface area contributed by atoms with E-state index in [1.807, 2.05) is 0 Å². The van der Waals surface area contributed by atoms with Crippen molar-refractivity contribution in [1.29, 1.82) is 0 Å². The number of aliphatic carboxylic acids is 1. The number of rotatable bonds is 8. The maximum Gasteiger partial charge on any atom is 0.326 e. The fourth-order valence-electron chi connectivity index (χ4n) is 2.94. The van der Waals surface area contributed by atoms with Gasteiger partial charge in [-0.1, -0.05) is 25.0 Å². The fraction of sp³-hybridized carbons (Fsp3) is 0.500. The summed E-state index contributed by atoms with van der Waals surface area (Å²) in [5.74, 6) is -2.15. The summed E-state index contributed by atoms with van der Waals surface area (Å²) in [6.45, 7) is 0.334. The van der Waals surface area contributed by atoms with Gasteiger partial charge in [-0.3, -0.25) is 9.59 Å². The molecule has 142 valence electrons. The first-order chi connectivity index (χ1) is 12.4. The Labute approximate surface area is 150 Å². The maximum absolute atomic E-state index is 12.4. The minimum atomic E-state index is -2.83. The lowest BCUT2D eigenvalue weighted by Crippen LogP contribution is -2.42. The summed E-state index contributed by atoms with van der Waals surface area (Å²) >= 11 is 0. The quantitative estimate of drug-likeness (QED) is 0.656. The van der Waals surface area contributed by atoms with Crippen LogP contribution in [0.25, 0.3) is 0 Å². The molecule has 3 N–H and O–H groups in total. The number of benzene rings is 1. The SMILES string of the molecule is O=C(NC(CC(F)F)C(=O)O)c1ccc(CNC(=O)C2CCCC2)cc1. The Morgan fingerprint density at radius 3 is 2.27 bits per heavy atom. The second-order valence-electron chi connectivity index (χ2n) is 6.39. The zero-order valence-electron chi connectivity index (χ0n) is 14.2. The van der Waals surface area contributed by atoms with Gasteiger partial charge in [-0.25, -0.2) is 13.6 Å². The summed E-state index contributed by atoms with van der Waals surface area (Å²) in [4.78, 5) is 34.9. The van der Waals surface area contributed by atoms with Crippen molar-refractivity contribution in [1.82, 2.24) is 10.6 Å². The van der Waals surface area contributed by atoms with Crippen molar-refractivity contribution in [3.05, 3.63) is 35.4 Å². The van der Waals surface area contributed by atoms with Gasteiger partial charge < -0.3 is 15.7 Å². The van der Waals surface area contributed by atoms with Gasteiger partial charge in [-0.15, -0.1) is 0 Å². The summed E-state index contributed by atoms with van der Waals surface area (Å²) < 4.78 is 24.7. The first-order valence-electron chi connectivity index (χ1n) is 8.55. The molecule has 1 atom stereocenters. The smallest absolute Gasteiger partial charge is 0.326 e. The number of carboxylic acid groups (broad SMARTS) is 1. The first-order valence-corrected chi connectivity index (χ1v) is 8.55. The lowest BCUT2D eigenvalue weighted by atomic mass is 10.1. The molecule has 1 aromatic carbocycles. The Morgan fingerprint density at radius 1 is 1.12 bits per heavy atom.